The highest BCUT2D eigenvalue weighted by Gasteiger charge is 2.41. The van der Waals surface area contributed by atoms with Gasteiger partial charge in [-0.3, -0.25) is 4.98 Å². The maximum absolute atomic E-state index is 11.7. The Morgan fingerprint density at radius 2 is 2.00 bits per heavy atom. The summed E-state index contributed by atoms with van der Waals surface area (Å²) >= 11 is 8.43. The number of carboxylic acids is 1. The van der Waals surface area contributed by atoms with E-state index in [1.807, 2.05) is 30.8 Å². The number of hydrogen-bond donors (Lipinski definition) is 1. The third-order valence-corrected chi connectivity index (χ3v) is 8.54. The molecule has 35 heavy (non-hydrogen) atoms. The van der Waals surface area contributed by atoms with E-state index in [0.717, 1.165) is 28.7 Å². The lowest BCUT2D eigenvalue weighted by molar-refractivity contribution is -0.113. The van der Waals surface area contributed by atoms with E-state index < -0.39 is 5.97 Å². The molecule has 4 rings (SSSR count). The number of thiazole rings is 1. The van der Waals surface area contributed by atoms with Crippen molar-refractivity contribution in [1.82, 2.24) is 4.98 Å². The molecule has 1 fully saturated rings. The predicted molar refractivity (Wildman–Crippen MR) is 141 cm³/mol. The largest absolute Gasteiger partial charge is 0.496 e. The second kappa shape index (κ2) is 11.1. The number of ether oxygens (including phenoxy) is 2. The standard InChI is InChI=1S/C28H32ClNO4S/c1-4-28(26-15-30-17-35-26,21-8-6-5-7-9-21)34-16-20-12-18(2)22(14-24(20)29)19-10-11-25(33-3)23(13-19)27(31)32/h10-15,17,21H,4-9,16H2,1-3H3,(H,31,32). The molecule has 5 nitrogen and oxygen atoms in total. The van der Waals surface area contributed by atoms with Crippen LogP contribution in [0.25, 0.3) is 11.1 Å². The second-order valence-corrected chi connectivity index (χ2v) is 10.5. The van der Waals surface area contributed by atoms with Gasteiger partial charge in [0.2, 0.25) is 0 Å². The number of halogens is 1. The first-order chi connectivity index (χ1) is 16.9. The number of carbonyl (C=O) groups is 1. The lowest BCUT2D eigenvalue weighted by Gasteiger charge is -2.41. The van der Waals surface area contributed by atoms with Gasteiger partial charge >= 0.3 is 5.97 Å². The minimum absolute atomic E-state index is 0.123. The van der Waals surface area contributed by atoms with Gasteiger partial charge in [0.15, 0.2) is 0 Å². The molecule has 0 amide bonds. The van der Waals surface area contributed by atoms with Gasteiger partial charge in [-0.1, -0.05) is 49.9 Å². The van der Waals surface area contributed by atoms with E-state index in [4.69, 9.17) is 21.1 Å². The number of aryl methyl sites for hydroxylation is 1. The van der Waals surface area contributed by atoms with Crippen LogP contribution < -0.4 is 4.74 Å². The smallest absolute Gasteiger partial charge is 0.339 e. The van der Waals surface area contributed by atoms with E-state index in [9.17, 15) is 9.90 Å². The molecule has 2 aromatic carbocycles. The van der Waals surface area contributed by atoms with Crippen LogP contribution in [-0.2, 0) is 16.9 Å². The maximum Gasteiger partial charge on any atom is 0.339 e. The van der Waals surface area contributed by atoms with Crippen molar-refractivity contribution in [2.45, 2.75) is 64.6 Å². The molecular weight excluding hydrogens is 482 g/mol. The van der Waals surface area contributed by atoms with Crippen LogP contribution in [0.4, 0.5) is 0 Å². The van der Waals surface area contributed by atoms with E-state index >= 15 is 0 Å². The number of methoxy groups -OCH3 is 1. The summed E-state index contributed by atoms with van der Waals surface area (Å²) in [4.78, 5) is 17.2. The molecule has 3 aromatic rings. The van der Waals surface area contributed by atoms with Crippen molar-refractivity contribution in [1.29, 1.82) is 0 Å². The fraction of sp³-hybridized carbons (Fsp3) is 0.429. The molecule has 1 aromatic heterocycles. The summed E-state index contributed by atoms with van der Waals surface area (Å²) in [6.45, 7) is 4.62. The highest BCUT2D eigenvalue weighted by Crippen LogP contribution is 2.46. The number of aromatic nitrogens is 1. The zero-order valence-corrected chi connectivity index (χ0v) is 22.0. The third-order valence-electron chi connectivity index (χ3n) is 7.26. The molecule has 0 aliphatic heterocycles. The fourth-order valence-corrected chi connectivity index (χ4v) is 6.51. The molecule has 1 saturated carbocycles. The zero-order chi connectivity index (χ0) is 25.0. The van der Waals surface area contributed by atoms with E-state index in [0.29, 0.717) is 23.3 Å². The highest BCUT2D eigenvalue weighted by molar-refractivity contribution is 7.09. The Balaban J connectivity index is 1.63. The second-order valence-electron chi connectivity index (χ2n) is 9.21. The zero-order valence-electron chi connectivity index (χ0n) is 20.5. The summed E-state index contributed by atoms with van der Waals surface area (Å²) in [5.74, 6) is -0.231. The van der Waals surface area contributed by atoms with E-state index in [1.165, 1.54) is 44.1 Å². The summed E-state index contributed by atoms with van der Waals surface area (Å²) in [5, 5.41) is 10.2. The van der Waals surface area contributed by atoms with Gasteiger partial charge in [0, 0.05) is 11.2 Å². The van der Waals surface area contributed by atoms with Crippen LogP contribution in [-0.4, -0.2) is 23.2 Å². The van der Waals surface area contributed by atoms with Gasteiger partial charge in [-0.15, -0.1) is 11.3 Å². The quantitative estimate of drug-likeness (QED) is 0.315. The number of carboxylic acid groups (broad SMARTS) is 1. The molecule has 1 unspecified atom stereocenters. The van der Waals surface area contributed by atoms with Crippen LogP contribution in [0.3, 0.4) is 0 Å². The minimum atomic E-state index is -1.03. The van der Waals surface area contributed by atoms with Gasteiger partial charge < -0.3 is 14.6 Å². The normalized spacial score (nSPS) is 16.1. The highest BCUT2D eigenvalue weighted by atomic mass is 35.5. The fourth-order valence-electron chi connectivity index (χ4n) is 5.36. The Morgan fingerprint density at radius 1 is 1.23 bits per heavy atom. The third kappa shape index (κ3) is 5.25. The first-order valence-corrected chi connectivity index (χ1v) is 13.4. The molecule has 0 spiro atoms. The molecule has 1 aliphatic carbocycles. The number of aromatic carboxylic acids is 1. The Morgan fingerprint density at radius 3 is 2.63 bits per heavy atom. The first-order valence-electron chi connectivity index (χ1n) is 12.1. The van der Waals surface area contributed by atoms with Crippen molar-refractivity contribution >= 4 is 28.9 Å². The van der Waals surface area contributed by atoms with Crippen molar-refractivity contribution in [2.24, 2.45) is 5.92 Å². The molecule has 0 saturated heterocycles. The summed E-state index contributed by atoms with van der Waals surface area (Å²) in [6.07, 6.45) is 8.95. The Hall–Kier alpha value is -2.41. The lowest BCUT2D eigenvalue weighted by atomic mass is 9.74. The molecular formula is C28H32ClNO4S. The summed E-state index contributed by atoms with van der Waals surface area (Å²) in [5.41, 5.74) is 5.26. The molecule has 1 N–H and O–H groups in total. The van der Waals surface area contributed by atoms with E-state index in [2.05, 4.69) is 18.0 Å². The molecule has 186 valence electrons. The molecule has 1 heterocycles. The van der Waals surface area contributed by atoms with Crippen molar-refractivity contribution in [3.05, 3.63) is 68.6 Å². The minimum Gasteiger partial charge on any atom is -0.496 e. The van der Waals surface area contributed by atoms with Gasteiger partial charge in [-0.05, 0) is 72.6 Å². The molecule has 1 atom stereocenters. The molecule has 0 radical (unpaired) electrons. The average Bonchev–Trinajstić information content (AvgIpc) is 3.42. The van der Waals surface area contributed by atoms with Crippen LogP contribution in [0.1, 0.15) is 71.8 Å². The van der Waals surface area contributed by atoms with Gasteiger partial charge in [-0.25, -0.2) is 4.79 Å². The summed E-state index contributed by atoms with van der Waals surface area (Å²) < 4.78 is 12.0. The SMILES string of the molecule is CCC(OCc1cc(C)c(-c2ccc(OC)c(C(=O)O)c2)cc1Cl)(c1cncs1)C1CCCCC1. The maximum atomic E-state index is 11.7. The predicted octanol–water partition coefficient (Wildman–Crippen LogP) is 7.88. The number of benzene rings is 2. The van der Waals surface area contributed by atoms with Crippen molar-refractivity contribution in [3.63, 3.8) is 0 Å². The average molecular weight is 514 g/mol. The Labute approximate surface area is 216 Å². The Bertz CT molecular complexity index is 1170. The van der Waals surface area contributed by atoms with Gasteiger partial charge in [0.05, 0.1) is 24.1 Å². The molecule has 1 aliphatic rings. The van der Waals surface area contributed by atoms with Crippen molar-refractivity contribution < 1.29 is 19.4 Å². The van der Waals surface area contributed by atoms with E-state index in [-0.39, 0.29) is 11.2 Å². The van der Waals surface area contributed by atoms with Crippen LogP contribution in [0.2, 0.25) is 5.02 Å². The topological polar surface area (TPSA) is 68.7 Å². The van der Waals surface area contributed by atoms with Crippen molar-refractivity contribution in [3.8, 4) is 16.9 Å². The number of hydrogen-bond acceptors (Lipinski definition) is 5. The van der Waals surface area contributed by atoms with Crippen LogP contribution in [0.15, 0.2) is 42.0 Å². The van der Waals surface area contributed by atoms with Gasteiger partial charge in [-0.2, -0.15) is 0 Å². The summed E-state index contributed by atoms with van der Waals surface area (Å²) in [7, 11) is 1.47. The Kier molecular flexibility index (Phi) is 8.15. The first kappa shape index (κ1) is 25.7. The van der Waals surface area contributed by atoms with Crippen LogP contribution in [0.5, 0.6) is 5.75 Å². The number of nitrogens with zero attached hydrogens (tertiary/aromatic N) is 1. The van der Waals surface area contributed by atoms with Crippen LogP contribution in [0, 0.1) is 12.8 Å². The number of rotatable bonds is 9. The van der Waals surface area contributed by atoms with Crippen molar-refractivity contribution in [2.75, 3.05) is 7.11 Å². The summed E-state index contributed by atoms with van der Waals surface area (Å²) in [6, 6.07) is 9.12. The van der Waals surface area contributed by atoms with Gasteiger partial charge in [0.1, 0.15) is 16.9 Å². The monoisotopic (exact) mass is 513 g/mol. The molecule has 7 heteroatoms. The van der Waals surface area contributed by atoms with Gasteiger partial charge in [0.25, 0.3) is 0 Å². The molecule has 0 bridgehead atoms. The lowest BCUT2D eigenvalue weighted by Crippen LogP contribution is -2.38. The van der Waals surface area contributed by atoms with E-state index in [1.54, 1.807) is 23.5 Å². The van der Waals surface area contributed by atoms with Crippen LogP contribution >= 0.6 is 22.9 Å².